The van der Waals surface area contributed by atoms with Gasteiger partial charge in [-0.3, -0.25) is 4.79 Å². The Labute approximate surface area is 222 Å². The van der Waals surface area contributed by atoms with Crippen LogP contribution in [0.15, 0.2) is 94.9 Å². The van der Waals surface area contributed by atoms with Gasteiger partial charge in [0, 0.05) is 37.5 Å². The number of methoxy groups -OCH3 is 1. The third-order valence-corrected chi connectivity index (χ3v) is 7.56. The highest BCUT2D eigenvalue weighted by molar-refractivity contribution is 8.03. The van der Waals surface area contributed by atoms with Crippen LogP contribution in [0.2, 0.25) is 0 Å². The molecule has 0 saturated heterocycles. The lowest BCUT2D eigenvalue weighted by atomic mass is 10.0. The molecule has 0 aromatic heterocycles. The van der Waals surface area contributed by atoms with Gasteiger partial charge in [0.25, 0.3) is 0 Å². The standard InChI is InChI=1S/C30H31N3O3S/c1-4-32-26-20-24(35-3)14-16-28(26)37-30(32)12-8-11-29-33(18-17-31-21(2)34)25-19-23(13-15-27(25)36-29)22-9-6-5-7-10-22/h5-16,19-20,29H,4,17-18H2,1-3H3,(H,31,34)/b11-8+,30-12-. The van der Waals surface area contributed by atoms with Crippen molar-refractivity contribution in [1.29, 1.82) is 0 Å². The van der Waals surface area contributed by atoms with Gasteiger partial charge in [0.15, 0.2) is 6.23 Å². The minimum absolute atomic E-state index is 0.0377. The molecule has 2 heterocycles. The van der Waals surface area contributed by atoms with Crippen molar-refractivity contribution in [3.05, 3.63) is 90.0 Å². The minimum Gasteiger partial charge on any atom is -0.497 e. The number of carbonyl (C=O) groups is 1. The molecular weight excluding hydrogens is 482 g/mol. The summed E-state index contributed by atoms with van der Waals surface area (Å²) in [6, 6.07) is 22.8. The Bertz CT molecular complexity index is 1340. The van der Waals surface area contributed by atoms with E-state index in [2.05, 4.69) is 76.7 Å². The number of nitrogens with one attached hydrogen (secondary N) is 1. The van der Waals surface area contributed by atoms with Gasteiger partial charge in [-0.1, -0.05) is 54.2 Å². The summed E-state index contributed by atoms with van der Waals surface area (Å²) in [5.41, 5.74) is 4.48. The molecule has 37 heavy (non-hydrogen) atoms. The zero-order chi connectivity index (χ0) is 25.8. The van der Waals surface area contributed by atoms with Crippen molar-refractivity contribution < 1.29 is 14.3 Å². The summed E-state index contributed by atoms with van der Waals surface area (Å²) in [4.78, 5) is 17.2. The van der Waals surface area contributed by atoms with Crippen LogP contribution >= 0.6 is 11.8 Å². The fourth-order valence-corrected chi connectivity index (χ4v) is 5.74. The third kappa shape index (κ3) is 5.32. The number of thioether (sulfide) groups is 1. The van der Waals surface area contributed by atoms with Gasteiger partial charge in [0.2, 0.25) is 5.91 Å². The summed E-state index contributed by atoms with van der Waals surface area (Å²) in [6.45, 7) is 5.73. The molecule has 6 nitrogen and oxygen atoms in total. The normalized spacial score (nSPS) is 17.2. The molecule has 0 saturated carbocycles. The molecule has 5 rings (SSSR count). The first-order valence-corrected chi connectivity index (χ1v) is 13.3. The number of hydrogen-bond acceptors (Lipinski definition) is 6. The number of nitrogens with zero attached hydrogens (tertiary/aromatic N) is 2. The highest BCUT2D eigenvalue weighted by Crippen LogP contribution is 2.47. The average Bonchev–Trinajstić information content (AvgIpc) is 3.45. The Morgan fingerprint density at radius 3 is 2.68 bits per heavy atom. The lowest BCUT2D eigenvalue weighted by Crippen LogP contribution is -2.39. The van der Waals surface area contributed by atoms with Crippen molar-refractivity contribution in [3.8, 4) is 22.6 Å². The van der Waals surface area contributed by atoms with E-state index >= 15 is 0 Å². The van der Waals surface area contributed by atoms with E-state index in [0.717, 1.165) is 39.9 Å². The maximum atomic E-state index is 11.5. The predicted molar refractivity (Wildman–Crippen MR) is 151 cm³/mol. The van der Waals surface area contributed by atoms with E-state index in [1.54, 1.807) is 18.9 Å². The summed E-state index contributed by atoms with van der Waals surface area (Å²) in [5, 5.41) is 4.07. The molecular formula is C30H31N3O3S. The van der Waals surface area contributed by atoms with E-state index in [1.807, 2.05) is 30.3 Å². The molecule has 190 valence electrons. The molecule has 1 unspecified atom stereocenters. The van der Waals surface area contributed by atoms with Crippen molar-refractivity contribution in [1.82, 2.24) is 5.32 Å². The monoisotopic (exact) mass is 513 g/mol. The van der Waals surface area contributed by atoms with Crippen LogP contribution in [0.4, 0.5) is 11.4 Å². The summed E-state index contributed by atoms with van der Waals surface area (Å²) < 4.78 is 11.8. The summed E-state index contributed by atoms with van der Waals surface area (Å²) in [6.07, 6.45) is 6.00. The van der Waals surface area contributed by atoms with Crippen LogP contribution in [0.5, 0.6) is 11.5 Å². The molecule has 3 aromatic rings. The number of benzene rings is 3. The zero-order valence-electron chi connectivity index (χ0n) is 21.3. The second kappa shape index (κ2) is 11.0. The Morgan fingerprint density at radius 1 is 1.08 bits per heavy atom. The number of anilines is 2. The Balaban J connectivity index is 1.38. The number of ether oxygens (including phenoxy) is 2. The second-order valence-electron chi connectivity index (χ2n) is 8.80. The van der Waals surface area contributed by atoms with E-state index < -0.39 is 0 Å². The van der Waals surface area contributed by atoms with Gasteiger partial charge in [-0.15, -0.1) is 0 Å². The lowest BCUT2D eigenvalue weighted by Gasteiger charge is -2.23. The number of carbonyl (C=O) groups excluding carboxylic acids is 1. The van der Waals surface area contributed by atoms with Crippen molar-refractivity contribution in [2.24, 2.45) is 0 Å². The Kier molecular flexibility index (Phi) is 7.42. The summed E-state index contributed by atoms with van der Waals surface area (Å²) >= 11 is 1.75. The second-order valence-corrected chi connectivity index (χ2v) is 9.87. The molecule has 0 radical (unpaired) electrons. The lowest BCUT2D eigenvalue weighted by molar-refractivity contribution is -0.118. The van der Waals surface area contributed by atoms with Gasteiger partial charge >= 0.3 is 0 Å². The van der Waals surface area contributed by atoms with Crippen LogP contribution in [-0.4, -0.2) is 38.9 Å². The quantitative estimate of drug-likeness (QED) is 0.396. The highest BCUT2D eigenvalue weighted by atomic mass is 32.2. The van der Waals surface area contributed by atoms with Gasteiger partial charge in [0.05, 0.1) is 23.5 Å². The minimum atomic E-state index is -0.268. The van der Waals surface area contributed by atoms with Crippen LogP contribution < -0.4 is 24.6 Å². The van der Waals surface area contributed by atoms with Crippen LogP contribution in [0, 0.1) is 0 Å². The number of amides is 1. The van der Waals surface area contributed by atoms with Crippen LogP contribution in [0.1, 0.15) is 13.8 Å². The molecule has 0 fully saturated rings. The number of hydrogen-bond donors (Lipinski definition) is 1. The first-order chi connectivity index (χ1) is 18.1. The SMILES string of the molecule is CCN1/C(=C/C=C/C2Oc3ccc(-c4ccccc4)cc3N2CCNC(C)=O)Sc2ccc(OC)cc21. The van der Waals surface area contributed by atoms with E-state index in [0.29, 0.717) is 13.1 Å². The Hall–Kier alpha value is -3.84. The molecule has 0 aliphatic carbocycles. The fraction of sp³-hybridized carbons (Fsp3) is 0.233. The predicted octanol–water partition coefficient (Wildman–Crippen LogP) is 6.05. The van der Waals surface area contributed by atoms with E-state index in [4.69, 9.17) is 9.47 Å². The maximum absolute atomic E-state index is 11.5. The smallest absolute Gasteiger partial charge is 0.216 e. The van der Waals surface area contributed by atoms with Crippen LogP contribution in [-0.2, 0) is 4.79 Å². The van der Waals surface area contributed by atoms with Gasteiger partial charge < -0.3 is 24.6 Å². The van der Waals surface area contributed by atoms with Crippen LogP contribution in [0.25, 0.3) is 11.1 Å². The van der Waals surface area contributed by atoms with E-state index in [9.17, 15) is 4.79 Å². The largest absolute Gasteiger partial charge is 0.497 e. The number of fused-ring (bicyclic) bond motifs is 2. The molecule has 7 heteroatoms. The molecule has 1 amide bonds. The topological polar surface area (TPSA) is 54.0 Å². The van der Waals surface area contributed by atoms with Crippen molar-refractivity contribution in [2.45, 2.75) is 25.0 Å². The van der Waals surface area contributed by atoms with Crippen molar-refractivity contribution in [3.63, 3.8) is 0 Å². The average molecular weight is 514 g/mol. The fourth-order valence-electron chi connectivity index (χ4n) is 4.62. The third-order valence-electron chi connectivity index (χ3n) is 6.43. The molecule has 3 aromatic carbocycles. The van der Waals surface area contributed by atoms with Gasteiger partial charge in [-0.2, -0.15) is 0 Å². The molecule has 2 aliphatic heterocycles. The first-order valence-electron chi connectivity index (χ1n) is 12.5. The van der Waals surface area contributed by atoms with Gasteiger partial charge in [-0.25, -0.2) is 0 Å². The van der Waals surface area contributed by atoms with E-state index in [1.165, 1.54) is 17.5 Å². The highest BCUT2D eigenvalue weighted by Gasteiger charge is 2.29. The zero-order valence-corrected chi connectivity index (χ0v) is 22.1. The first kappa shape index (κ1) is 24.8. The van der Waals surface area contributed by atoms with Crippen LogP contribution in [0.3, 0.4) is 0 Å². The molecule has 1 atom stereocenters. The molecule has 0 bridgehead atoms. The van der Waals surface area contributed by atoms with Gasteiger partial charge in [0.1, 0.15) is 11.5 Å². The van der Waals surface area contributed by atoms with Crippen molar-refractivity contribution >= 4 is 29.0 Å². The van der Waals surface area contributed by atoms with Crippen molar-refractivity contribution in [2.75, 3.05) is 36.5 Å². The number of allylic oxidation sites excluding steroid dienone is 2. The molecule has 0 spiro atoms. The summed E-state index contributed by atoms with van der Waals surface area (Å²) in [7, 11) is 1.69. The molecule has 2 aliphatic rings. The number of rotatable bonds is 8. The summed E-state index contributed by atoms with van der Waals surface area (Å²) in [5.74, 6) is 1.66. The Morgan fingerprint density at radius 2 is 1.92 bits per heavy atom. The van der Waals surface area contributed by atoms with E-state index in [-0.39, 0.29) is 12.1 Å². The molecule has 1 N–H and O–H groups in total. The van der Waals surface area contributed by atoms with Gasteiger partial charge in [-0.05, 0) is 54.5 Å². The maximum Gasteiger partial charge on any atom is 0.216 e.